The van der Waals surface area contributed by atoms with Crippen molar-refractivity contribution >= 4 is 77.8 Å². The summed E-state index contributed by atoms with van der Waals surface area (Å²) in [4.78, 5) is 10.1. The van der Waals surface area contributed by atoms with E-state index < -0.39 is 10.0 Å². The van der Waals surface area contributed by atoms with E-state index >= 15 is 0 Å². The number of para-hydroxylation sites is 2. The fraction of sp³-hybridized carbons (Fsp3) is 0. The maximum atomic E-state index is 2.47. The van der Waals surface area contributed by atoms with Crippen LogP contribution in [0, 0.1) is 0 Å². The molecule has 0 saturated heterocycles. The molecule has 0 aromatic heterocycles. The fourth-order valence-electron chi connectivity index (χ4n) is 9.28. The molecular weight excluding hydrogens is 757 g/mol. The lowest BCUT2D eigenvalue weighted by Crippen LogP contribution is -2.15. The zero-order valence-corrected chi connectivity index (χ0v) is 34.4. The van der Waals surface area contributed by atoms with Crippen LogP contribution in [0.25, 0.3) is 33.7 Å². The first-order valence-electron chi connectivity index (χ1n) is 20.8. The van der Waals surface area contributed by atoms with E-state index in [1.807, 2.05) is 0 Å². The topological polar surface area (TPSA) is 6.48 Å². The summed E-state index contributed by atoms with van der Waals surface area (Å²) < 4.78 is 0. The second kappa shape index (κ2) is 15.5. The number of anilines is 6. The third-order valence-electron chi connectivity index (χ3n) is 11.9. The minimum absolute atomic E-state index is 1.11. The molecule has 11 rings (SSSR count). The molecule has 0 aliphatic carbocycles. The van der Waals surface area contributed by atoms with E-state index in [4.69, 9.17) is 0 Å². The average molecular weight is 799 g/mol. The Morgan fingerprint density at radius 2 is 0.590 bits per heavy atom. The molecule has 2 nitrogen and oxygen atoms in total. The van der Waals surface area contributed by atoms with Crippen molar-refractivity contribution in [2.24, 2.45) is 0 Å². The Balaban J connectivity index is 1.27. The third kappa shape index (κ3) is 6.13. The Hall–Kier alpha value is -7.59. The molecule has 0 N–H and O–H groups in total. The van der Waals surface area contributed by atoms with Gasteiger partial charge in [-0.3, -0.25) is 0 Å². The summed E-state index contributed by atoms with van der Waals surface area (Å²) >= 11 is 0. The van der Waals surface area contributed by atoms with E-state index in [0.29, 0.717) is 0 Å². The van der Waals surface area contributed by atoms with Gasteiger partial charge in [0.15, 0.2) is 0 Å². The summed E-state index contributed by atoms with van der Waals surface area (Å²) in [6.07, 6.45) is 4.81. The maximum Gasteiger partial charge on any atom is 0.0545 e. The number of nitrogens with zero attached hydrogens (tertiary/aromatic N) is 2. The van der Waals surface area contributed by atoms with Crippen molar-refractivity contribution in [3.05, 3.63) is 254 Å². The van der Waals surface area contributed by atoms with Gasteiger partial charge in [0.1, 0.15) is 0 Å². The second-order valence-corrected chi connectivity index (χ2v) is 18.3. The number of fused-ring (bicyclic) bond motifs is 4. The van der Waals surface area contributed by atoms with Crippen molar-refractivity contribution in [1.82, 2.24) is 0 Å². The third-order valence-corrected chi connectivity index (χ3v) is 15.9. The van der Waals surface area contributed by atoms with Gasteiger partial charge in [-0.25, -0.2) is 0 Å². The Labute approximate surface area is 359 Å². The molecule has 3 heteroatoms. The van der Waals surface area contributed by atoms with E-state index in [0.717, 1.165) is 34.1 Å². The molecule has 0 spiro atoms. The van der Waals surface area contributed by atoms with Crippen LogP contribution in [-0.2, 0) is 0 Å². The molecule has 1 aliphatic heterocycles. The molecule has 10 aromatic rings. The molecule has 290 valence electrons. The molecule has 0 amide bonds. The summed E-state index contributed by atoms with van der Waals surface area (Å²) in [6, 6.07) is 88.9. The van der Waals surface area contributed by atoms with Crippen molar-refractivity contribution in [2.45, 2.75) is 19.6 Å². The van der Waals surface area contributed by atoms with Crippen LogP contribution < -0.4 is 9.80 Å². The quantitative estimate of drug-likeness (QED) is 0.151. The van der Waals surface area contributed by atoms with E-state index in [9.17, 15) is 0 Å². The maximum absolute atomic E-state index is 2.47. The highest BCUT2D eigenvalue weighted by molar-refractivity contribution is 8.34. The van der Waals surface area contributed by atoms with E-state index in [1.165, 1.54) is 52.3 Å². The first-order chi connectivity index (χ1) is 30.3. The van der Waals surface area contributed by atoms with Crippen LogP contribution in [-0.4, -0.2) is 0 Å². The largest absolute Gasteiger partial charge is 0.309 e. The van der Waals surface area contributed by atoms with Crippen LogP contribution in [0.1, 0.15) is 11.1 Å². The Morgan fingerprint density at radius 3 is 1.02 bits per heavy atom. The van der Waals surface area contributed by atoms with Gasteiger partial charge in [-0.2, -0.15) is 0 Å². The Morgan fingerprint density at radius 1 is 0.262 bits per heavy atom. The van der Waals surface area contributed by atoms with Crippen LogP contribution >= 0.6 is 10.0 Å². The lowest BCUT2D eigenvalue weighted by molar-refractivity contribution is 1.20. The predicted octanol–water partition coefficient (Wildman–Crippen LogP) is 16.8. The van der Waals surface area contributed by atoms with Gasteiger partial charge in [-0.15, -0.1) is 10.0 Å². The molecule has 1 aliphatic rings. The van der Waals surface area contributed by atoms with Crippen molar-refractivity contribution in [1.29, 1.82) is 0 Å². The minimum Gasteiger partial charge on any atom is -0.309 e. The zero-order valence-electron chi connectivity index (χ0n) is 33.6. The molecule has 0 unspecified atom stereocenters. The first-order valence-corrected chi connectivity index (χ1v) is 22.5. The molecule has 0 saturated carbocycles. The highest BCUT2D eigenvalue weighted by Crippen LogP contribution is 2.77. The van der Waals surface area contributed by atoms with Crippen molar-refractivity contribution < 1.29 is 0 Å². The van der Waals surface area contributed by atoms with Crippen LogP contribution in [0.2, 0.25) is 0 Å². The molecule has 10 aromatic carbocycles. The summed E-state index contributed by atoms with van der Waals surface area (Å²) in [5.74, 6) is 0. The van der Waals surface area contributed by atoms with Crippen LogP contribution in [0.5, 0.6) is 0 Å². The molecule has 0 bridgehead atoms. The van der Waals surface area contributed by atoms with Gasteiger partial charge in [-0.05, 0) is 95.7 Å². The fourth-order valence-corrected chi connectivity index (χ4v) is 13.5. The van der Waals surface area contributed by atoms with Gasteiger partial charge in [0.2, 0.25) is 0 Å². The predicted molar refractivity (Wildman–Crippen MR) is 260 cm³/mol. The number of hydrogen-bond donors (Lipinski definition) is 0. The highest BCUT2D eigenvalue weighted by Gasteiger charge is 2.40. The van der Waals surface area contributed by atoms with Crippen molar-refractivity contribution in [2.75, 3.05) is 9.80 Å². The molecule has 0 fully saturated rings. The lowest BCUT2D eigenvalue weighted by atomic mass is 10.0. The van der Waals surface area contributed by atoms with Crippen LogP contribution in [0.3, 0.4) is 0 Å². The smallest absolute Gasteiger partial charge is 0.0545 e. The average Bonchev–Trinajstić information content (AvgIpc) is 3.49. The van der Waals surface area contributed by atoms with Gasteiger partial charge in [-0.1, -0.05) is 170 Å². The summed E-state index contributed by atoms with van der Waals surface area (Å²) in [5, 5.41) is 4.82. The molecule has 61 heavy (non-hydrogen) atoms. The molecule has 1 heterocycles. The Bertz CT molecular complexity index is 2970. The second-order valence-electron chi connectivity index (χ2n) is 15.3. The number of rotatable bonds is 8. The van der Waals surface area contributed by atoms with E-state index in [-0.39, 0.29) is 0 Å². The number of hydrogen-bond acceptors (Lipinski definition) is 2. The van der Waals surface area contributed by atoms with Gasteiger partial charge in [0, 0.05) is 52.9 Å². The molecule has 0 atom stereocenters. The van der Waals surface area contributed by atoms with Crippen molar-refractivity contribution in [3.8, 4) is 0 Å². The van der Waals surface area contributed by atoms with Crippen LogP contribution in [0.15, 0.2) is 262 Å². The van der Waals surface area contributed by atoms with E-state index in [2.05, 4.69) is 265 Å². The van der Waals surface area contributed by atoms with Gasteiger partial charge >= 0.3 is 0 Å². The first kappa shape index (κ1) is 36.5. The van der Waals surface area contributed by atoms with Gasteiger partial charge < -0.3 is 9.80 Å². The standard InChI is InChI=1S/C58H42N2S/c1-5-25-45(26-6-1)59(53-35-17-23-43-21-13-15-33-49(43)53)55-37-19-39-57-51(55)41-42-52-56(60(46-27-7-2-8-28-46)54-36-18-24-44-22-14-16-34-50(44)54)38-20-40-58(52)61(57,47-29-9-3-10-30-47)48-31-11-4-12-32-48/h1-42H. The zero-order chi connectivity index (χ0) is 40.6. The lowest BCUT2D eigenvalue weighted by Gasteiger charge is -2.44. The normalized spacial score (nSPS) is 13.2. The Kier molecular flexibility index (Phi) is 9.30. The highest BCUT2D eigenvalue weighted by atomic mass is 32.3. The monoisotopic (exact) mass is 798 g/mol. The molecule has 0 radical (unpaired) electrons. The summed E-state index contributed by atoms with van der Waals surface area (Å²) in [7, 11) is -2.15. The van der Waals surface area contributed by atoms with Crippen molar-refractivity contribution in [3.63, 3.8) is 0 Å². The molecular formula is C58H42N2S. The van der Waals surface area contributed by atoms with E-state index in [1.54, 1.807) is 0 Å². The minimum atomic E-state index is -2.15. The number of benzene rings is 10. The van der Waals surface area contributed by atoms with Gasteiger partial charge in [0.25, 0.3) is 0 Å². The SMILES string of the molecule is C1=Cc2c(N(c3ccccc3)c3cccc4ccccc34)cccc2S(c2ccccc2)(c2ccccc2)c2cccc(N(c3ccccc3)c3cccc4ccccc34)c21. The van der Waals surface area contributed by atoms with Gasteiger partial charge in [0.05, 0.1) is 22.7 Å². The van der Waals surface area contributed by atoms with Crippen LogP contribution in [0.4, 0.5) is 34.1 Å². The summed E-state index contributed by atoms with van der Waals surface area (Å²) in [6.45, 7) is 0. The summed E-state index contributed by atoms with van der Waals surface area (Å²) in [5.41, 5.74) is 9.14.